The van der Waals surface area contributed by atoms with Gasteiger partial charge >= 0.3 is 0 Å². The quantitative estimate of drug-likeness (QED) is 0.802. The average Bonchev–Trinajstić information content (AvgIpc) is 2.32. The minimum atomic E-state index is -0.517. The first kappa shape index (κ1) is 14.4. The molecule has 0 unspecified atom stereocenters. The molecule has 1 saturated carbocycles. The molecule has 1 aliphatic carbocycles. The molecule has 106 valence electrons. The molecule has 19 heavy (non-hydrogen) atoms. The van der Waals surface area contributed by atoms with Gasteiger partial charge in [-0.1, -0.05) is 13.0 Å². The van der Waals surface area contributed by atoms with Crippen molar-refractivity contribution in [1.29, 1.82) is 0 Å². The maximum Gasteiger partial charge on any atom is 0.129 e. The fourth-order valence-corrected chi connectivity index (χ4v) is 3.16. The summed E-state index contributed by atoms with van der Waals surface area (Å²) < 4.78 is 32.0. The third-order valence-electron chi connectivity index (χ3n) is 3.93. The summed E-state index contributed by atoms with van der Waals surface area (Å²) >= 11 is 0. The maximum atomic E-state index is 14.0. The van der Waals surface area contributed by atoms with Crippen molar-refractivity contribution in [2.75, 3.05) is 26.8 Å². The predicted molar refractivity (Wildman–Crippen MR) is 71.2 cm³/mol. The zero-order chi connectivity index (χ0) is 13.9. The van der Waals surface area contributed by atoms with Gasteiger partial charge in [-0.2, -0.15) is 0 Å². The van der Waals surface area contributed by atoms with Gasteiger partial charge in [0, 0.05) is 31.7 Å². The molecule has 4 heteroatoms. The van der Waals surface area contributed by atoms with Crippen molar-refractivity contribution in [2.24, 2.45) is 5.92 Å². The molecule has 1 aromatic rings. The summed E-state index contributed by atoms with van der Waals surface area (Å²) in [6, 6.07) is 3.92. The third kappa shape index (κ3) is 3.12. The van der Waals surface area contributed by atoms with Gasteiger partial charge in [0.1, 0.15) is 11.6 Å². The first-order valence-corrected chi connectivity index (χ1v) is 6.72. The Morgan fingerprint density at radius 3 is 2.68 bits per heavy atom. The van der Waals surface area contributed by atoms with E-state index in [4.69, 9.17) is 4.74 Å². The van der Waals surface area contributed by atoms with Crippen LogP contribution < -0.4 is 5.32 Å². The highest BCUT2D eigenvalue weighted by atomic mass is 19.1. The van der Waals surface area contributed by atoms with Crippen LogP contribution in [-0.2, 0) is 10.2 Å². The normalized spacial score (nSPS) is 26.2. The SMILES string of the molecule is COCCNCC1(c2ccc(F)cc2F)CC(C)C1. The van der Waals surface area contributed by atoms with Crippen molar-refractivity contribution in [3.05, 3.63) is 35.4 Å². The van der Waals surface area contributed by atoms with E-state index in [0.717, 1.165) is 25.5 Å². The number of benzene rings is 1. The van der Waals surface area contributed by atoms with Crippen molar-refractivity contribution < 1.29 is 13.5 Å². The molecule has 0 spiro atoms. The van der Waals surface area contributed by atoms with Crippen LogP contribution in [0.2, 0.25) is 0 Å². The molecule has 1 fully saturated rings. The molecule has 2 nitrogen and oxygen atoms in total. The number of halogens is 2. The third-order valence-corrected chi connectivity index (χ3v) is 3.93. The molecule has 2 rings (SSSR count). The fraction of sp³-hybridized carbons (Fsp3) is 0.600. The summed E-state index contributed by atoms with van der Waals surface area (Å²) in [5.41, 5.74) is 0.446. The van der Waals surface area contributed by atoms with Crippen LogP contribution in [0, 0.1) is 17.6 Å². The van der Waals surface area contributed by atoms with Crippen molar-refractivity contribution in [3.8, 4) is 0 Å². The van der Waals surface area contributed by atoms with Crippen LogP contribution in [0.25, 0.3) is 0 Å². The van der Waals surface area contributed by atoms with Crippen LogP contribution in [0.4, 0.5) is 8.78 Å². The molecule has 0 bridgehead atoms. The Morgan fingerprint density at radius 2 is 2.11 bits per heavy atom. The lowest BCUT2D eigenvalue weighted by Crippen LogP contribution is -2.48. The highest BCUT2D eigenvalue weighted by Crippen LogP contribution is 2.48. The number of ether oxygens (including phenoxy) is 1. The van der Waals surface area contributed by atoms with Crippen molar-refractivity contribution >= 4 is 0 Å². The molecule has 1 N–H and O–H groups in total. The Labute approximate surface area is 113 Å². The highest BCUT2D eigenvalue weighted by molar-refractivity contribution is 5.31. The van der Waals surface area contributed by atoms with Crippen molar-refractivity contribution in [2.45, 2.75) is 25.2 Å². The maximum absolute atomic E-state index is 14.0. The predicted octanol–water partition coefficient (Wildman–Crippen LogP) is 2.87. The largest absolute Gasteiger partial charge is 0.383 e. The molecule has 0 radical (unpaired) electrons. The number of methoxy groups -OCH3 is 1. The van der Waals surface area contributed by atoms with Gasteiger partial charge < -0.3 is 10.1 Å². The van der Waals surface area contributed by atoms with Gasteiger partial charge in [0.15, 0.2) is 0 Å². The number of nitrogens with one attached hydrogen (secondary N) is 1. The summed E-state index contributed by atoms with van der Waals surface area (Å²) in [6.45, 7) is 4.26. The molecule has 0 amide bonds. The summed E-state index contributed by atoms with van der Waals surface area (Å²) in [4.78, 5) is 0. The van der Waals surface area contributed by atoms with Crippen molar-refractivity contribution in [1.82, 2.24) is 5.32 Å². The summed E-state index contributed by atoms with van der Waals surface area (Å²) in [7, 11) is 1.66. The Morgan fingerprint density at radius 1 is 1.37 bits per heavy atom. The van der Waals surface area contributed by atoms with E-state index in [9.17, 15) is 8.78 Å². The minimum Gasteiger partial charge on any atom is -0.383 e. The molecule has 0 atom stereocenters. The van der Waals surface area contributed by atoms with E-state index in [2.05, 4.69) is 12.2 Å². The van der Waals surface area contributed by atoms with E-state index >= 15 is 0 Å². The van der Waals surface area contributed by atoms with Crippen LogP contribution >= 0.6 is 0 Å². The smallest absolute Gasteiger partial charge is 0.129 e. The molecule has 0 aromatic heterocycles. The summed E-state index contributed by atoms with van der Waals surface area (Å²) in [6.07, 6.45) is 1.88. The number of hydrogen-bond acceptors (Lipinski definition) is 2. The van der Waals surface area contributed by atoms with Crippen LogP contribution in [0.15, 0.2) is 18.2 Å². The average molecular weight is 269 g/mol. The second-order valence-corrected chi connectivity index (χ2v) is 5.59. The lowest BCUT2D eigenvalue weighted by atomic mass is 9.59. The summed E-state index contributed by atoms with van der Waals surface area (Å²) in [5, 5.41) is 3.30. The molecule has 1 aromatic carbocycles. The zero-order valence-corrected chi connectivity index (χ0v) is 11.5. The fourth-order valence-electron chi connectivity index (χ4n) is 3.16. The lowest BCUT2D eigenvalue weighted by Gasteiger charge is -2.47. The Bertz CT molecular complexity index is 430. The molecular weight excluding hydrogens is 248 g/mol. The summed E-state index contributed by atoms with van der Waals surface area (Å²) in [5.74, 6) is -0.356. The Kier molecular flexibility index (Phi) is 4.53. The van der Waals surface area contributed by atoms with E-state index in [1.54, 1.807) is 13.2 Å². The number of hydrogen-bond donors (Lipinski definition) is 1. The molecule has 0 aliphatic heterocycles. The first-order chi connectivity index (χ1) is 9.07. The Balaban J connectivity index is 2.10. The van der Waals surface area contributed by atoms with E-state index in [-0.39, 0.29) is 5.41 Å². The molecule has 0 saturated heterocycles. The lowest BCUT2D eigenvalue weighted by molar-refractivity contribution is 0.140. The van der Waals surface area contributed by atoms with Gasteiger partial charge in [-0.3, -0.25) is 0 Å². The Hall–Kier alpha value is -1.00. The van der Waals surface area contributed by atoms with E-state index in [1.165, 1.54) is 6.07 Å². The monoisotopic (exact) mass is 269 g/mol. The first-order valence-electron chi connectivity index (χ1n) is 6.72. The number of rotatable bonds is 6. The van der Waals surface area contributed by atoms with E-state index in [1.807, 2.05) is 0 Å². The second kappa shape index (κ2) is 5.97. The van der Waals surface area contributed by atoms with Gasteiger partial charge in [0.2, 0.25) is 0 Å². The standard InChI is InChI=1S/C15H21F2NO/c1-11-8-15(9-11,10-18-5-6-19-2)13-4-3-12(16)7-14(13)17/h3-4,7,11,18H,5-6,8-10H2,1-2H3. The second-order valence-electron chi connectivity index (χ2n) is 5.59. The van der Waals surface area contributed by atoms with E-state index in [0.29, 0.717) is 24.6 Å². The van der Waals surface area contributed by atoms with Gasteiger partial charge in [-0.05, 0) is 30.4 Å². The topological polar surface area (TPSA) is 21.3 Å². The van der Waals surface area contributed by atoms with Gasteiger partial charge in [0.05, 0.1) is 6.61 Å². The molecular formula is C15H21F2NO. The molecule has 0 heterocycles. The van der Waals surface area contributed by atoms with Crippen LogP contribution in [0.5, 0.6) is 0 Å². The van der Waals surface area contributed by atoms with Crippen LogP contribution in [-0.4, -0.2) is 26.8 Å². The van der Waals surface area contributed by atoms with E-state index < -0.39 is 11.6 Å². The minimum absolute atomic E-state index is 0.190. The van der Waals surface area contributed by atoms with Crippen LogP contribution in [0.3, 0.4) is 0 Å². The highest BCUT2D eigenvalue weighted by Gasteiger charge is 2.44. The zero-order valence-electron chi connectivity index (χ0n) is 11.5. The van der Waals surface area contributed by atoms with Crippen molar-refractivity contribution in [3.63, 3.8) is 0 Å². The molecule has 1 aliphatic rings. The van der Waals surface area contributed by atoms with Crippen LogP contribution in [0.1, 0.15) is 25.3 Å². The van der Waals surface area contributed by atoms with Gasteiger partial charge in [-0.15, -0.1) is 0 Å². The van der Waals surface area contributed by atoms with Gasteiger partial charge in [0.25, 0.3) is 0 Å². The van der Waals surface area contributed by atoms with Gasteiger partial charge in [-0.25, -0.2) is 8.78 Å².